The van der Waals surface area contributed by atoms with Crippen molar-refractivity contribution in [3.05, 3.63) is 33.8 Å². The van der Waals surface area contributed by atoms with E-state index >= 15 is 0 Å². The smallest absolute Gasteiger partial charge is 0.144 e. The van der Waals surface area contributed by atoms with Crippen LogP contribution < -0.4 is 5.32 Å². The molecule has 0 spiro atoms. The summed E-state index contributed by atoms with van der Waals surface area (Å²) in [6.45, 7) is 3.42. The van der Waals surface area contributed by atoms with Crippen molar-refractivity contribution in [2.75, 3.05) is 19.6 Å². The fourth-order valence-corrected chi connectivity index (χ4v) is 3.48. The van der Waals surface area contributed by atoms with Crippen molar-refractivity contribution >= 4 is 15.9 Å². The third-order valence-electron chi connectivity index (χ3n) is 4.46. The molecule has 1 unspecified atom stereocenters. The van der Waals surface area contributed by atoms with Crippen LogP contribution in [0.5, 0.6) is 0 Å². The van der Waals surface area contributed by atoms with Crippen LogP contribution in [0, 0.1) is 17.6 Å². The lowest BCUT2D eigenvalue weighted by Crippen LogP contribution is -2.39. The van der Waals surface area contributed by atoms with E-state index in [-0.39, 0.29) is 5.56 Å². The van der Waals surface area contributed by atoms with E-state index in [2.05, 4.69) is 26.1 Å². The molecule has 0 aromatic heterocycles. The van der Waals surface area contributed by atoms with Crippen LogP contribution >= 0.6 is 15.9 Å². The molecular formula is C16H21BrF2N2. The molecule has 1 aromatic carbocycles. The molecule has 1 saturated carbocycles. The Labute approximate surface area is 133 Å². The molecular weight excluding hydrogens is 338 g/mol. The number of benzene rings is 1. The van der Waals surface area contributed by atoms with Gasteiger partial charge < -0.3 is 5.32 Å². The molecule has 1 aliphatic carbocycles. The molecule has 2 nitrogen and oxygen atoms in total. The summed E-state index contributed by atoms with van der Waals surface area (Å²) in [5, 5.41) is 3.41. The second-order valence-electron chi connectivity index (χ2n) is 6.19. The van der Waals surface area contributed by atoms with Crippen LogP contribution in [0.3, 0.4) is 0 Å². The lowest BCUT2D eigenvalue weighted by molar-refractivity contribution is 0.188. The molecule has 1 heterocycles. The summed E-state index contributed by atoms with van der Waals surface area (Å²) in [6.07, 6.45) is 4.71. The zero-order chi connectivity index (χ0) is 14.8. The quantitative estimate of drug-likeness (QED) is 0.807. The average Bonchev–Trinajstić information content (AvgIpc) is 3.32. The van der Waals surface area contributed by atoms with Crippen LogP contribution in [0.4, 0.5) is 8.78 Å². The maximum absolute atomic E-state index is 14.2. The van der Waals surface area contributed by atoms with Gasteiger partial charge in [0.15, 0.2) is 0 Å². The normalized spacial score (nSPS) is 22.8. The van der Waals surface area contributed by atoms with Gasteiger partial charge >= 0.3 is 0 Å². The van der Waals surface area contributed by atoms with Gasteiger partial charge in [-0.2, -0.15) is 0 Å². The average molecular weight is 359 g/mol. The fraction of sp³-hybridized carbons (Fsp3) is 0.625. The highest BCUT2D eigenvalue weighted by Gasteiger charge is 2.32. The Bertz CT molecular complexity index is 499. The number of hydrogen-bond donors (Lipinski definition) is 1. The Morgan fingerprint density at radius 1 is 1.24 bits per heavy atom. The van der Waals surface area contributed by atoms with Crippen LogP contribution in [0.1, 0.15) is 31.2 Å². The summed E-state index contributed by atoms with van der Waals surface area (Å²) in [7, 11) is 0. The summed E-state index contributed by atoms with van der Waals surface area (Å²) in [4.78, 5) is 2.27. The highest BCUT2D eigenvalue weighted by atomic mass is 79.9. The van der Waals surface area contributed by atoms with Crippen LogP contribution in [0.25, 0.3) is 0 Å². The summed E-state index contributed by atoms with van der Waals surface area (Å²) in [6, 6.07) is 3.28. The van der Waals surface area contributed by atoms with E-state index in [1.807, 2.05) is 0 Å². The highest BCUT2D eigenvalue weighted by molar-refractivity contribution is 9.10. The van der Waals surface area contributed by atoms with Crippen LogP contribution in [-0.4, -0.2) is 30.6 Å². The molecule has 0 bridgehead atoms. The monoisotopic (exact) mass is 358 g/mol. The summed E-state index contributed by atoms with van der Waals surface area (Å²) in [5.74, 6) is -0.303. The van der Waals surface area contributed by atoms with Gasteiger partial charge in [-0.1, -0.05) is 0 Å². The molecule has 2 fully saturated rings. The zero-order valence-corrected chi connectivity index (χ0v) is 13.6. The topological polar surface area (TPSA) is 15.3 Å². The minimum atomic E-state index is -0.456. The molecule has 1 N–H and O–H groups in total. The van der Waals surface area contributed by atoms with Gasteiger partial charge in [0.2, 0.25) is 0 Å². The van der Waals surface area contributed by atoms with E-state index in [0.29, 0.717) is 23.0 Å². The first kappa shape index (κ1) is 15.4. The lowest BCUT2D eigenvalue weighted by Gasteiger charge is -2.30. The van der Waals surface area contributed by atoms with Crippen molar-refractivity contribution in [2.45, 2.75) is 38.3 Å². The first-order valence-corrected chi connectivity index (χ1v) is 8.51. The van der Waals surface area contributed by atoms with E-state index in [0.717, 1.165) is 32.5 Å². The number of nitrogens with zero attached hydrogens (tertiary/aromatic N) is 1. The number of rotatable bonds is 5. The third-order valence-corrected chi connectivity index (χ3v) is 5.07. The van der Waals surface area contributed by atoms with E-state index < -0.39 is 11.6 Å². The minimum absolute atomic E-state index is 0.194. The molecule has 0 amide bonds. The molecule has 0 radical (unpaired) electrons. The molecule has 1 atom stereocenters. The van der Waals surface area contributed by atoms with Gasteiger partial charge in [0.1, 0.15) is 11.6 Å². The van der Waals surface area contributed by atoms with Gasteiger partial charge in [-0.25, -0.2) is 8.78 Å². The molecule has 3 rings (SSSR count). The van der Waals surface area contributed by atoms with Gasteiger partial charge in [0.25, 0.3) is 0 Å². The van der Waals surface area contributed by atoms with Gasteiger partial charge in [-0.15, -0.1) is 0 Å². The Morgan fingerprint density at radius 3 is 2.71 bits per heavy atom. The number of nitrogens with one attached hydrogen (secondary N) is 1. The van der Waals surface area contributed by atoms with Crippen LogP contribution in [0.15, 0.2) is 16.6 Å². The molecule has 21 heavy (non-hydrogen) atoms. The van der Waals surface area contributed by atoms with Crippen molar-refractivity contribution in [2.24, 2.45) is 5.92 Å². The number of hydrogen-bond acceptors (Lipinski definition) is 2. The minimum Gasteiger partial charge on any atom is -0.316 e. The van der Waals surface area contributed by atoms with Crippen LogP contribution in [-0.2, 0) is 6.54 Å². The van der Waals surface area contributed by atoms with Crippen LogP contribution in [0.2, 0.25) is 0 Å². The van der Waals surface area contributed by atoms with Gasteiger partial charge in [-0.05, 0) is 72.8 Å². The summed E-state index contributed by atoms with van der Waals surface area (Å²) >= 11 is 3.15. The molecule has 2 aliphatic rings. The predicted octanol–water partition coefficient (Wildman–Crippen LogP) is 3.69. The maximum atomic E-state index is 14.2. The molecule has 1 aromatic rings. The Balaban J connectivity index is 1.72. The predicted molar refractivity (Wildman–Crippen MR) is 83.1 cm³/mol. The van der Waals surface area contributed by atoms with Crippen molar-refractivity contribution < 1.29 is 8.78 Å². The Morgan fingerprint density at radius 2 is 2.05 bits per heavy atom. The summed E-state index contributed by atoms with van der Waals surface area (Å²) in [5.41, 5.74) is 0.194. The Kier molecular flexibility index (Phi) is 4.92. The second-order valence-corrected chi connectivity index (χ2v) is 7.05. The van der Waals surface area contributed by atoms with Crippen molar-refractivity contribution in [1.29, 1.82) is 0 Å². The first-order valence-electron chi connectivity index (χ1n) is 7.72. The SMILES string of the molecule is Fc1ccc(Br)c(F)c1CN(CC1CCCNC1)C1CC1. The van der Waals surface area contributed by atoms with E-state index in [9.17, 15) is 8.78 Å². The van der Waals surface area contributed by atoms with Gasteiger partial charge in [-0.3, -0.25) is 4.90 Å². The standard InChI is InChI=1S/C16H21BrF2N2/c17-14-5-6-15(18)13(16(14)19)10-21(12-3-4-12)9-11-2-1-7-20-8-11/h5-6,11-12,20H,1-4,7-10H2. The van der Waals surface area contributed by atoms with Crippen molar-refractivity contribution in [3.63, 3.8) is 0 Å². The van der Waals surface area contributed by atoms with Gasteiger partial charge in [0.05, 0.1) is 4.47 Å². The van der Waals surface area contributed by atoms with Crippen molar-refractivity contribution in [1.82, 2.24) is 10.2 Å². The molecule has 116 valence electrons. The first-order chi connectivity index (χ1) is 10.1. The Hall–Kier alpha value is -0.520. The van der Waals surface area contributed by atoms with E-state index in [1.54, 1.807) is 0 Å². The second kappa shape index (κ2) is 6.71. The number of piperidine rings is 1. The molecule has 5 heteroatoms. The van der Waals surface area contributed by atoms with Crippen molar-refractivity contribution in [3.8, 4) is 0 Å². The summed E-state index contributed by atoms with van der Waals surface area (Å²) < 4.78 is 28.5. The van der Waals surface area contributed by atoms with E-state index in [4.69, 9.17) is 0 Å². The fourth-order valence-electron chi connectivity index (χ4n) is 3.11. The molecule has 1 saturated heterocycles. The zero-order valence-electron chi connectivity index (χ0n) is 12.0. The largest absolute Gasteiger partial charge is 0.316 e. The highest BCUT2D eigenvalue weighted by Crippen LogP contribution is 2.32. The third kappa shape index (κ3) is 3.82. The van der Waals surface area contributed by atoms with E-state index in [1.165, 1.54) is 25.0 Å². The lowest BCUT2D eigenvalue weighted by atomic mass is 9.98. The maximum Gasteiger partial charge on any atom is 0.144 e. The molecule has 1 aliphatic heterocycles. The number of halogens is 3. The van der Waals surface area contributed by atoms with Gasteiger partial charge in [0, 0.05) is 24.7 Å².